The normalized spacial score (nSPS) is 35.4. The maximum absolute atomic E-state index is 12.7. The van der Waals surface area contributed by atoms with Crippen molar-refractivity contribution >= 4 is 10.1 Å². The molecule has 188 valence electrons. The van der Waals surface area contributed by atoms with Gasteiger partial charge in [-0.2, -0.15) is 8.42 Å². The molecule has 6 heteroatoms. The van der Waals surface area contributed by atoms with E-state index in [0.29, 0.717) is 31.1 Å². The molecule has 0 radical (unpaired) electrons. The number of allylic oxidation sites excluding steroid dienone is 3. The van der Waals surface area contributed by atoms with E-state index in [1.54, 1.807) is 24.3 Å². The second kappa shape index (κ2) is 10.3. The Balaban J connectivity index is 1.43. The second-order valence-electron chi connectivity index (χ2n) is 11.1. The minimum absolute atomic E-state index is 0.143. The zero-order chi connectivity index (χ0) is 24.5. The first kappa shape index (κ1) is 25.6. The molecule has 6 atom stereocenters. The van der Waals surface area contributed by atoms with Crippen LogP contribution in [0, 0.1) is 30.1 Å². The van der Waals surface area contributed by atoms with Crippen LogP contribution in [0.15, 0.2) is 52.5 Å². The molecule has 0 bridgehead atoms. The quantitative estimate of drug-likeness (QED) is 0.530. The van der Waals surface area contributed by atoms with Gasteiger partial charge in [-0.25, -0.2) is 0 Å². The van der Waals surface area contributed by atoms with Gasteiger partial charge in [-0.3, -0.25) is 4.18 Å². The third-order valence-electron chi connectivity index (χ3n) is 8.59. The van der Waals surface area contributed by atoms with Crippen molar-refractivity contribution < 1.29 is 22.8 Å². The number of aliphatic hydroxyl groups is 2. The van der Waals surface area contributed by atoms with Crippen molar-refractivity contribution in [1.29, 1.82) is 0 Å². The Morgan fingerprint density at radius 1 is 1.12 bits per heavy atom. The van der Waals surface area contributed by atoms with Crippen molar-refractivity contribution in [2.24, 2.45) is 23.2 Å². The molecule has 3 aliphatic rings. The van der Waals surface area contributed by atoms with Crippen LogP contribution < -0.4 is 0 Å². The van der Waals surface area contributed by atoms with Gasteiger partial charge in [0.1, 0.15) is 0 Å². The first-order valence-corrected chi connectivity index (χ1v) is 14.2. The molecule has 3 saturated carbocycles. The Morgan fingerprint density at radius 2 is 1.79 bits per heavy atom. The third kappa shape index (κ3) is 5.51. The molecular weight excluding hydrogens is 448 g/mol. The third-order valence-corrected chi connectivity index (χ3v) is 9.89. The van der Waals surface area contributed by atoms with E-state index >= 15 is 0 Å². The molecule has 0 aromatic heterocycles. The van der Waals surface area contributed by atoms with Gasteiger partial charge < -0.3 is 10.2 Å². The highest BCUT2D eigenvalue weighted by Crippen LogP contribution is 2.59. The maximum atomic E-state index is 12.7. The lowest BCUT2D eigenvalue weighted by Crippen LogP contribution is -2.37. The zero-order valence-corrected chi connectivity index (χ0v) is 21.6. The molecule has 0 heterocycles. The van der Waals surface area contributed by atoms with Gasteiger partial charge in [0, 0.05) is 0 Å². The van der Waals surface area contributed by atoms with E-state index in [1.807, 2.05) is 6.92 Å². The highest BCUT2D eigenvalue weighted by atomic mass is 32.2. The Labute approximate surface area is 205 Å². The van der Waals surface area contributed by atoms with E-state index < -0.39 is 22.3 Å². The largest absolute Gasteiger partial charge is 0.393 e. The van der Waals surface area contributed by atoms with Gasteiger partial charge in [-0.1, -0.05) is 54.8 Å². The molecule has 1 aromatic rings. The van der Waals surface area contributed by atoms with Gasteiger partial charge in [0.05, 0.1) is 23.7 Å². The van der Waals surface area contributed by atoms with Gasteiger partial charge in [0.25, 0.3) is 10.1 Å². The smallest absolute Gasteiger partial charge is 0.296 e. The van der Waals surface area contributed by atoms with Gasteiger partial charge in [-0.15, -0.1) is 0 Å². The van der Waals surface area contributed by atoms with E-state index in [0.717, 1.165) is 43.2 Å². The molecule has 0 spiro atoms. The second-order valence-corrected chi connectivity index (χ2v) is 12.8. The summed E-state index contributed by atoms with van der Waals surface area (Å²) >= 11 is 0. The molecule has 34 heavy (non-hydrogen) atoms. The molecule has 0 amide bonds. The van der Waals surface area contributed by atoms with Crippen LogP contribution in [0.2, 0.25) is 0 Å². The van der Waals surface area contributed by atoms with E-state index in [2.05, 4.69) is 26.0 Å². The highest BCUT2D eigenvalue weighted by Gasteiger charge is 2.50. The van der Waals surface area contributed by atoms with Crippen LogP contribution >= 0.6 is 0 Å². The standard InChI is InChI=1S/C28H40O5S/c1-19-6-10-25(11-7-19)34(31,32)33-18-20(2)26-12-13-27-22(5-4-14-28(26,27)3)9-8-21-15-23(29)17-24(30)16-21/h6-11,20,23-24,26-27,29-30H,4-5,12-18H2,1-3H3/b21-8-,22-9+/t20?,23-,24+,26+,27-,28+/m0/s1. The van der Waals surface area contributed by atoms with Crippen molar-refractivity contribution in [2.45, 2.75) is 89.2 Å². The minimum atomic E-state index is -3.75. The summed E-state index contributed by atoms with van der Waals surface area (Å²) in [6.07, 6.45) is 10.9. The summed E-state index contributed by atoms with van der Waals surface area (Å²) in [5.74, 6) is 1.06. The first-order chi connectivity index (χ1) is 16.1. The topological polar surface area (TPSA) is 83.8 Å². The van der Waals surface area contributed by atoms with Gasteiger partial charge >= 0.3 is 0 Å². The summed E-state index contributed by atoms with van der Waals surface area (Å²) in [4.78, 5) is 0.217. The number of hydrogen-bond acceptors (Lipinski definition) is 5. The number of aryl methyl sites for hydroxylation is 1. The minimum Gasteiger partial charge on any atom is -0.393 e. The molecule has 1 aromatic carbocycles. The number of hydrogen-bond donors (Lipinski definition) is 2. The van der Waals surface area contributed by atoms with Crippen LogP contribution in [0.4, 0.5) is 0 Å². The molecule has 0 aliphatic heterocycles. The van der Waals surface area contributed by atoms with Gasteiger partial charge in [0.15, 0.2) is 0 Å². The summed E-state index contributed by atoms with van der Waals surface area (Å²) in [5.41, 5.74) is 3.76. The number of benzene rings is 1. The van der Waals surface area contributed by atoms with Crippen LogP contribution in [0.5, 0.6) is 0 Å². The van der Waals surface area contributed by atoms with Crippen molar-refractivity contribution in [3.63, 3.8) is 0 Å². The van der Waals surface area contributed by atoms with E-state index in [9.17, 15) is 18.6 Å². The molecule has 5 nitrogen and oxygen atoms in total. The number of fused-ring (bicyclic) bond motifs is 1. The fraction of sp³-hybridized carbons (Fsp3) is 0.643. The van der Waals surface area contributed by atoms with Crippen molar-refractivity contribution in [3.05, 3.63) is 53.1 Å². The lowest BCUT2D eigenvalue weighted by Gasteiger charge is -2.44. The first-order valence-electron chi connectivity index (χ1n) is 12.8. The Hall–Kier alpha value is -1.47. The van der Waals surface area contributed by atoms with Crippen molar-refractivity contribution in [2.75, 3.05) is 6.61 Å². The molecular formula is C28H40O5S. The monoisotopic (exact) mass is 488 g/mol. The summed E-state index contributed by atoms with van der Waals surface area (Å²) in [5, 5.41) is 20.0. The van der Waals surface area contributed by atoms with Crippen LogP contribution in [0.1, 0.15) is 70.8 Å². The summed E-state index contributed by atoms with van der Waals surface area (Å²) < 4.78 is 30.9. The molecule has 3 aliphatic carbocycles. The van der Waals surface area contributed by atoms with Crippen molar-refractivity contribution in [3.8, 4) is 0 Å². The fourth-order valence-corrected chi connectivity index (χ4v) is 7.83. The maximum Gasteiger partial charge on any atom is 0.296 e. The number of aliphatic hydroxyl groups excluding tert-OH is 2. The Bertz CT molecular complexity index is 1010. The predicted octanol–water partition coefficient (Wildman–Crippen LogP) is 5.31. The highest BCUT2D eigenvalue weighted by molar-refractivity contribution is 7.86. The molecule has 2 N–H and O–H groups in total. The van der Waals surface area contributed by atoms with Gasteiger partial charge in [0.2, 0.25) is 0 Å². The van der Waals surface area contributed by atoms with E-state index in [1.165, 1.54) is 5.57 Å². The van der Waals surface area contributed by atoms with Crippen LogP contribution in [-0.2, 0) is 14.3 Å². The van der Waals surface area contributed by atoms with Gasteiger partial charge in [-0.05, 0) is 93.6 Å². The summed E-state index contributed by atoms with van der Waals surface area (Å²) in [6, 6.07) is 6.81. The SMILES string of the molecule is Cc1ccc(S(=O)(=O)OCC(C)[C@H]2CC[C@H]3/C(=C/C=C4\C[C@@H](O)C[C@@H](O)C4)CCC[C@]23C)cc1. The molecule has 3 fully saturated rings. The fourth-order valence-electron chi connectivity index (χ4n) is 6.83. The zero-order valence-electron chi connectivity index (χ0n) is 20.7. The van der Waals surface area contributed by atoms with Crippen LogP contribution in [0.3, 0.4) is 0 Å². The van der Waals surface area contributed by atoms with Crippen LogP contribution in [-0.4, -0.2) is 37.4 Å². The average Bonchev–Trinajstić information content (AvgIpc) is 3.13. The Morgan fingerprint density at radius 3 is 2.47 bits per heavy atom. The predicted molar refractivity (Wildman–Crippen MR) is 134 cm³/mol. The molecule has 4 rings (SSSR count). The summed E-state index contributed by atoms with van der Waals surface area (Å²) in [7, 11) is -3.75. The van der Waals surface area contributed by atoms with E-state index in [4.69, 9.17) is 4.18 Å². The van der Waals surface area contributed by atoms with Crippen molar-refractivity contribution in [1.82, 2.24) is 0 Å². The Kier molecular flexibility index (Phi) is 7.73. The number of rotatable bonds is 6. The molecule has 1 unspecified atom stereocenters. The lowest BCUT2D eigenvalue weighted by molar-refractivity contribution is 0.0609. The summed E-state index contributed by atoms with van der Waals surface area (Å²) in [6.45, 7) is 6.66. The van der Waals surface area contributed by atoms with Crippen LogP contribution in [0.25, 0.3) is 0 Å². The lowest BCUT2D eigenvalue weighted by atomic mass is 9.61. The average molecular weight is 489 g/mol. The van der Waals surface area contributed by atoms with E-state index in [-0.39, 0.29) is 22.8 Å². The molecule has 0 saturated heterocycles.